The zero-order chi connectivity index (χ0) is 16.3. The Morgan fingerprint density at radius 2 is 1.86 bits per heavy atom. The van der Waals surface area contributed by atoms with Gasteiger partial charge in [0.2, 0.25) is 0 Å². The summed E-state index contributed by atoms with van der Waals surface area (Å²) in [4.78, 5) is 0. The zero-order valence-corrected chi connectivity index (χ0v) is 12.6. The van der Waals surface area contributed by atoms with E-state index >= 15 is 0 Å². The van der Waals surface area contributed by atoms with Gasteiger partial charge in [-0.15, -0.1) is 0 Å². The van der Waals surface area contributed by atoms with Gasteiger partial charge in [0, 0.05) is 5.56 Å². The molecule has 3 nitrogen and oxygen atoms in total. The highest BCUT2D eigenvalue weighted by molar-refractivity contribution is 5.41. The van der Waals surface area contributed by atoms with Crippen molar-refractivity contribution in [3.8, 4) is 5.75 Å². The number of halogens is 3. The van der Waals surface area contributed by atoms with Crippen LogP contribution >= 0.6 is 0 Å². The average Bonchev–Trinajstić information content (AvgIpc) is 2.52. The number of methoxy groups -OCH3 is 1. The second-order valence-electron chi connectivity index (χ2n) is 5.87. The number of aliphatic hydroxyl groups is 1. The van der Waals surface area contributed by atoms with Crippen LogP contribution in [0.4, 0.5) is 13.2 Å². The molecule has 2 rings (SSSR count). The summed E-state index contributed by atoms with van der Waals surface area (Å²) < 4.78 is 43.3. The summed E-state index contributed by atoms with van der Waals surface area (Å²) in [7, 11) is 1.30. The Morgan fingerprint density at radius 3 is 2.41 bits per heavy atom. The van der Waals surface area contributed by atoms with Gasteiger partial charge in [0.1, 0.15) is 5.75 Å². The van der Waals surface area contributed by atoms with Gasteiger partial charge in [-0.25, -0.2) is 0 Å². The first kappa shape index (κ1) is 17.1. The molecule has 0 spiro atoms. The lowest BCUT2D eigenvalue weighted by molar-refractivity contribution is -0.137. The Labute approximate surface area is 128 Å². The van der Waals surface area contributed by atoms with Crippen LogP contribution in [0.3, 0.4) is 0 Å². The monoisotopic (exact) mass is 317 g/mol. The minimum atomic E-state index is -4.43. The molecule has 2 atom stereocenters. The van der Waals surface area contributed by atoms with Gasteiger partial charge in [0.25, 0.3) is 0 Å². The van der Waals surface area contributed by atoms with Crippen LogP contribution in [-0.2, 0) is 6.18 Å². The first-order chi connectivity index (χ1) is 10.3. The maximum absolute atomic E-state index is 12.8. The largest absolute Gasteiger partial charge is 0.496 e. The van der Waals surface area contributed by atoms with Crippen LogP contribution in [0.25, 0.3) is 0 Å². The number of aliphatic hydroxyl groups excluding tert-OH is 1. The van der Waals surface area contributed by atoms with Crippen molar-refractivity contribution in [3.63, 3.8) is 0 Å². The van der Waals surface area contributed by atoms with Gasteiger partial charge in [-0.1, -0.05) is 25.3 Å². The molecule has 0 unspecified atom stereocenters. The molecule has 6 heteroatoms. The van der Waals surface area contributed by atoms with Crippen molar-refractivity contribution in [2.45, 2.75) is 50.4 Å². The van der Waals surface area contributed by atoms with Crippen molar-refractivity contribution >= 4 is 0 Å². The van der Waals surface area contributed by atoms with Crippen molar-refractivity contribution in [1.29, 1.82) is 0 Å². The number of hydrogen-bond donors (Lipinski definition) is 2. The molecule has 0 bridgehead atoms. The molecule has 22 heavy (non-hydrogen) atoms. The Balaban J connectivity index is 2.23. The van der Waals surface area contributed by atoms with E-state index < -0.39 is 23.9 Å². The minimum absolute atomic E-state index is 0.0668. The van der Waals surface area contributed by atoms with E-state index in [2.05, 4.69) is 0 Å². The lowest BCUT2D eigenvalue weighted by Crippen LogP contribution is -2.34. The third kappa shape index (κ3) is 3.73. The third-order valence-corrected chi connectivity index (χ3v) is 4.42. The number of rotatable bonds is 4. The van der Waals surface area contributed by atoms with Crippen LogP contribution in [-0.4, -0.2) is 18.3 Å². The van der Waals surface area contributed by atoms with Gasteiger partial charge in [0.15, 0.2) is 0 Å². The van der Waals surface area contributed by atoms with Gasteiger partial charge in [-0.3, -0.25) is 0 Å². The van der Waals surface area contributed by atoms with Crippen molar-refractivity contribution in [2.75, 3.05) is 7.11 Å². The Kier molecular flexibility index (Phi) is 5.34. The fourth-order valence-electron chi connectivity index (χ4n) is 3.12. The van der Waals surface area contributed by atoms with E-state index in [0.29, 0.717) is 5.56 Å². The van der Waals surface area contributed by atoms with Gasteiger partial charge in [-0.2, -0.15) is 13.2 Å². The smallest absolute Gasteiger partial charge is 0.416 e. The van der Waals surface area contributed by atoms with E-state index in [4.69, 9.17) is 10.5 Å². The van der Waals surface area contributed by atoms with Crippen molar-refractivity contribution < 1.29 is 23.0 Å². The Bertz CT molecular complexity index is 499. The van der Waals surface area contributed by atoms with Crippen LogP contribution in [0, 0.1) is 5.92 Å². The molecule has 1 fully saturated rings. The second-order valence-corrected chi connectivity index (χ2v) is 5.87. The van der Waals surface area contributed by atoms with E-state index in [1.165, 1.54) is 13.2 Å². The van der Waals surface area contributed by atoms with Crippen molar-refractivity contribution in [1.82, 2.24) is 0 Å². The van der Waals surface area contributed by atoms with Crippen molar-refractivity contribution in [2.24, 2.45) is 11.7 Å². The molecule has 0 aromatic heterocycles. The third-order valence-electron chi connectivity index (χ3n) is 4.42. The average molecular weight is 317 g/mol. The summed E-state index contributed by atoms with van der Waals surface area (Å²) in [6, 6.07) is 2.47. The maximum atomic E-state index is 12.8. The van der Waals surface area contributed by atoms with E-state index in [9.17, 15) is 18.3 Å². The molecule has 0 heterocycles. The lowest BCUT2D eigenvalue weighted by Gasteiger charge is -2.31. The zero-order valence-electron chi connectivity index (χ0n) is 12.6. The van der Waals surface area contributed by atoms with Gasteiger partial charge >= 0.3 is 6.18 Å². The molecule has 1 aromatic carbocycles. The standard InChI is InChI=1S/C16H22F3NO2/c1-22-13-9-11(16(17,18)19)7-8-12(13)14(20)15(21)10-5-3-2-4-6-10/h7-10,14-15,21H,2-6,20H2,1H3/t14-,15+/m0/s1. The lowest BCUT2D eigenvalue weighted by atomic mass is 9.81. The SMILES string of the molecule is COc1cc(C(F)(F)F)ccc1[C@H](N)[C@H](O)C1CCCCC1. The van der Waals surface area contributed by atoms with Crippen LogP contribution in [0.2, 0.25) is 0 Å². The van der Waals surface area contributed by atoms with E-state index in [1.54, 1.807) is 0 Å². The van der Waals surface area contributed by atoms with Gasteiger partial charge in [0.05, 0.1) is 24.8 Å². The molecule has 1 aromatic rings. The fraction of sp³-hybridized carbons (Fsp3) is 0.625. The van der Waals surface area contributed by atoms with Crippen molar-refractivity contribution in [3.05, 3.63) is 29.3 Å². The minimum Gasteiger partial charge on any atom is -0.496 e. The highest BCUT2D eigenvalue weighted by Crippen LogP contribution is 2.37. The highest BCUT2D eigenvalue weighted by atomic mass is 19.4. The first-order valence-corrected chi connectivity index (χ1v) is 7.53. The van der Waals surface area contributed by atoms with E-state index in [0.717, 1.165) is 44.2 Å². The molecule has 1 aliphatic rings. The predicted molar refractivity (Wildman–Crippen MR) is 77.5 cm³/mol. The molecule has 124 valence electrons. The number of nitrogens with two attached hydrogens (primary N) is 1. The Morgan fingerprint density at radius 1 is 1.23 bits per heavy atom. The summed E-state index contributed by atoms with van der Waals surface area (Å²) in [6.45, 7) is 0. The van der Waals surface area contributed by atoms with Crippen LogP contribution in [0.15, 0.2) is 18.2 Å². The summed E-state index contributed by atoms with van der Waals surface area (Å²) in [5, 5.41) is 10.4. The number of hydrogen-bond acceptors (Lipinski definition) is 3. The summed E-state index contributed by atoms with van der Waals surface area (Å²) in [5.74, 6) is 0.160. The Hall–Kier alpha value is -1.27. The number of alkyl halides is 3. The summed E-state index contributed by atoms with van der Waals surface area (Å²) >= 11 is 0. The van der Waals surface area contributed by atoms with Crippen LogP contribution in [0.5, 0.6) is 5.75 Å². The molecule has 1 saturated carbocycles. The second kappa shape index (κ2) is 6.87. The highest BCUT2D eigenvalue weighted by Gasteiger charge is 2.33. The first-order valence-electron chi connectivity index (χ1n) is 7.53. The van der Waals surface area contributed by atoms with Crippen LogP contribution < -0.4 is 10.5 Å². The van der Waals surface area contributed by atoms with E-state index in [-0.39, 0.29) is 11.7 Å². The molecule has 3 N–H and O–H groups in total. The molecular formula is C16H22F3NO2. The van der Waals surface area contributed by atoms with Gasteiger partial charge in [-0.05, 0) is 30.9 Å². The topological polar surface area (TPSA) is 55.5 Å². The van der Waals surface area contributed by atoms with E-state index in [1.807, 2.05) is 0 Å². The molecule has 0 radical (unpaired) electrons. The molecule has 0 amide bonds. The molecule has 1 aliphatic carbocycles. The normalized spacial score (nSPS) is 19.7. The van der Waals surface area contributed by atoms with Crippen LogP contribution in [0.1, 0.15) is 49.3 Å². The number of benzene rings is 1. The summed E-state index contributed by atoms with van der Waals surface area (Å²) in [5.41, 5.74) is 5.72. The van der Waals surface area contributed by atoms with Gasteiger partial charge < -0.3 is 15.6 Å². The fourth-order valence-corrected chi connectivity index (χ4v) is 3.12. The quantitative estimate of drug-likeness (QED) is 0.891. The summed E-state index contributed by atoms with van der Waals surface area (Å²) in [6.07, 6.45) is -0.141. The predicted octanol–water partition coefficient (Wildman–Crippen LogP) is 3.66. The molecule has 0 saturated heterocycles. The molecular weight excluding hydrogens is 295 g/mol. The number of ether oxygens (including phenoxy) is 1. The molecule has 0 aliphatic heterocycles. The maximum Gasteiger partial charge on any atom is 0.416 e.